The topological polar surface area (TPSA) is 86.2 Å². The van der Waals surface area contributed by atoms with Crippen molar-refractivity contribution in [2.45, 2.75) is 45.4 Å². The van der Waals surface area contributed by atoms with Crippen LogP contribution in [-0.2, 0) is 32.1 Å². The summed E-state index contributed by atoms with van der Waals surface area (Å²) in [6, 6.07) is 18.0. The van der Waals surface area contributed by atoms with Gasteiger partial charge in [0.1, 0.15) is 12.2 Å². The van der Waals surface area contributed by atoms with Crippen molar-refractivity contribution >= 4 is 17.8 Å². The summed E-state index contributed by atoms with van der Waals surface area (Å²) in [5.41, 5.74) is 1.06. The molecule has 0 bridgehead atoms. The molecule has 0 aliphatic rings. The van der Waals surface area contributed by atoms with Gasteiger partial charge in [-0.2, -0.15) is 0 Å². The van der Waals surface area contributed by atoms with Crippen LogP contribution < -0.4 is 5.32 Å². The zero-order valence-corrected chi connectivity index (χ0v) is 17.8. The minimum absolute atomic E-state index is 0.0526. The molecule has 160 valence electrons. The molecule has 0 aliphatic heterocycles. The smallest absolute Gasteiger partial charge is 0.408 e. The third kappa shape index (κ3) is 7.95. The molecule has 0 spiro atoms. The number of alkyl carbamates (subject to hydrolysis) is 1. The molecule has 0 saturated carbocycles. The van der Waals surface area contributed by atoms with Crippen LogP contribution in [0.1, 0.15) is 31.9 Å². The van der Waals surface area contributed by atoms with Gasteiger partial charge in [-0.3, -0.25) is 0 Å². The minimum atomic E-state index is -0.800. The Morgan fingerprint density at radius 3 is 2.07 bits per heavy atom. The molecule has 0 aromatic heterocycles. The number of rotatable bonds is 8. The van der Waals surface area contributed by atoms with Crippen LogP contribution in [-0.4, -0.2) is 36.5 Å². The standard InChI is InChI=1S/C23H28N2O5/c1-23(2,3)30-22(27)24-19(15-17-11-7-5-8-12-17)20(21(26)28-4)25-29-16-18-13-9-6-10-14-18/h5-14,19H,15-16H2,1-4H3,(H,24,27)/b25-20-/t19-/m0/s1. The molecule has 0 fully saturated rings. The molecular weight excluding hydrogens is 384 g/mol. The number of carbonyl (C=O) groups excluding carboxylic acids is 2. The summed E-state index contributed by atoms with van der Waals surface area (Å²) in [6.45, 7) is 5.46. The Labute approximate surface area is 177 Å². The lowest BCUT2D eigenvalue weighted by atomic mass is 10.0. The number of esters is 1. The molecule has 0 heterocycles. The number of hydrogen-bond donors (Lipinski definition) is 1. The van der Waals surface area contributed by atoms with Crippen molar-refractivity contribution < 1.29 is 23.9 Å². The molecule has 1 amide bonds. The summed E-state index contributed by atoms with van der Waals surface area (Å²) >= 11 is 0. The number of oxime groups is 1. The fourth-order valence-electron chi connectivity index (χ4n) is 2.61. The average Bonchev–Trinajstić information content (AvgIpc) is 2.70. The molecule has 1 atom stereocenters. The maximum atomic E-state index is 12.4. The predicted molar refractivity (Wildman–Crippen MR) is 114 cm³/mol. The molecule has 2 aromatic carbocycles. The van der Waals surface area contributed by atoms with Crippen molar-refractivity contribution in [2.24, 2.45) is 5.16 Å². The van der Waals surface area contributed by atoms with Crippen molar-refractivity contribution in [3.63, 3.8) is 0 Å². The normalized spacial score (nSPS) is 12.6. The largest absolute Gasteiger partial charge is 0.464 e. The number of methoxy groups -OCH3 is 1. The number of hydrogen-bond acceptors (Lipinski definition) is 6. The first kappa shape index (κ1) is 22.9. The van der Waals surface area contributed by atoms with Gasteiger partial charge in [-0.1, -0.05) is 65.8 Å². The van der Waals surface area contributed by atoms with E-state index in [0.29, 0.717) is 6.42 Å². The Morgan fingerprint density at radius 1 is 0.967 bits per heavy atom. The summed E-state index contributed by atoms with van der Waals surface area (Å²) in [4.78, 5) is 30.2. The summed E-state index contributed by atoms with van der Waals surface area (Å²) in [7, 11) is 1.25. The van der Waals surface area contributed by atoms with Gasteiger partial charge in [0.25, 0.3) is 0 Å². The van der Waals surface area contributed by atoms with Gasteiger partial charge in [-0.15, -0.1) is 0 Å². The van der Waals surface area contributed by atoms with Gasteiger partial charge >= 0.3 is 12.1 Å². The first-order chi connectivity index (χ1) is 14.3. The lowest BCUT2D eigenvalue weighted by Gasteiger charge is -2.24. The van der Waals surface area contributed by atoms with Crippen molar-refractivity contribution in [1.29, 1.82) is 0 Å². The van der Waals surface area contributed by atoms with Crippen LogP contribution in [0.4, 0.5) is 4.79 Å². The van der Waals surface area contributed by atoms with Gasteiger partial charge in [-0.05, 0) is 38.3 Å². The van der Waals surface area contributed by atoms with Crippen LogP contribution in [0.5, 0.6) is 0 Å². The number of ether oxygens (including phenoxy) is 2. The van der Waals surface area contributed by atoms with Crippen LogP contribution in [0.25, 0.3) is 0 Å². The summed E-state index contributed by atoms with van der Waals surface area (Å²) in [5.74, 6) is -0.694. The van der Waals surface area contributed by atoms with Crippen molar-refractivity contribution in [1.82, 2.24) is 5.32 Å². The van der Waals surface area contributed by atoms with E-state index in [2.05, 4.69) is 10.5 Å². The highest BCUT2D eigenvalue weighted by atomic mass is 16.6. The second-order valence-electron chi connectivity index (χ2n) is 7.62. The van der Waals surface area contributed by atoms with Crippen molar-refractivity contribution in [3.8, 4) is 0 Å². The first-order valence-corrected chi connectivity index (χ1v) is 9.64. The van der Waals surface area contributed by atoms with Gasteiger partial charge in [0.05, 0.1) is 13.2 Å². The van der Waals surface area contributed by atoms with Gasteiger partial charge in [-0.25, -0.2) is 9.59 Å². The molecule has 7 nitrogen and oxygen atoms in total. The second kappa shape index (κ2) is 11.0. The maximum Gasteiger partial charge on any atom is 0.408 e. The highest BCUT2D eigenvalue weighted by molar-refractivity contribution is 6.38. The zero-order valence-electron chi connectivity index (χ0n) is 17.8. The van der Waals surface area contributed by atoms with E-state index in [1.807, 2.05) is 60.7 Å². The SMILES string of the molecule is COC(=O)/C(=N\OCc1ccccc1)[C@H](Cc1ccccc1)NC(=O)OC(C)(C)C. The van der Waals surface area contributed by atoms with E-state index >= 15 is 0 Å². The van der Waals surface area contributed by atoms with Gasteiger partial charge in [0.2, 0.25) is 0 Å². The van der Waals surface area contributed by atoms with Crippen LogP contribution in [0, 0.1) is 0 Å². The van der Waals surface area contributed by atoms with E-state index in [1.54, 1.807) is 20.8 Å². The molecule has 0 aliphatic carbocycles. The van der Waals surface area contributed by atoms with E-state index in [-0.39, 0.29) is 12.3 Å². The summed E-state index contributed by atoms with van der Waals surface area (Å²) in [5, 5.41) is 6.72. The molecule has 1 N–H and O–H groups in total. The van der Waals surface area contributed by atoms with E-state index < -0.39 is 23.7 Å². The van der Waals surface area contributed by atoms with E-state index in [0.717, 1.165) is 11.1 Å². The number of nitrogens with one attached hydrogen (secondary N) is 1. The van der Waals surface area contributed by atoms with Crippen LogP contribution >= 0.6 is 0 Å². The Morgan fingerprint density at radius 2 is 1.53 bits per heavy atom. The molecule has 0 saturated heterocycles. The number of carbonyl (C=O) groups is 2. The molecule has 30 heavy (non-hydrogen) atoms. The Kier molecular flexibility index (Phi) is 8.41. The van der Waals surface area contributed by atoms with E-state index in [4.69, 9.17) is 14.3 Å². The van der Waals surface area contributed by atoms with E-state index in [1.165, 1.54) is 7.11 Å². The van der Waals surface area contributed by atoms with Gasteiger partial charge in [0.15, 0.2) is 5.71 Å². The first-order valence-electron chi connectivity index (χ1n) is 9.64. The molecule has 0 unspecified atom stereocenters. The minimum Gasteiger partial charge on any atom is -0.464 e. The molecule has 7 heteroatoms. The van der Waals surface area contributed by atoms with E-state index in [9.17, 15) is 9.59 Å². The Balaban J connectivity index is 2.24. The third-order valence-corrected chi connectivity index (χ3v) is 3.94. The molecule has 2 aromatic rings. The van der Waals surface area contributed by atoms with Gasteiger partial charge < -0.3 is 19.6 Å². The number of nitrogens with zero attached hydrogens (tertiary/aromatic N) is 1. The Bertz CT molecular complexity index is 845. The zero-order chi connectivity index (χ0) is 22.0. The highest BCUT2D eigenvalue weighted by Crippen LogP contribution is 2.11. The van der Waals surface area contributed by atoms with Crippen LogP contribution in [0.2, 0.25) is 0 Å². The summed E-state index contributed by atoms with van der Waals surface area (Å²) < 4.78 is 10.2. The average molecular weight is 412 g/mol. The highest BCUT2D eigenvalue weighted by Gasteiger charge is 2.29. The monoisotopic (exact) mass is 412 g/mol. The van der Waals surface area contributed by atoms with Crippen LogP contribution in [0.3, 0.4) is 0 Å². The van der Waals surface area contributed by atoms with Crippen LogP contribution in [0.15, 0.2) is 65.8 Å². The fourth-order valence-corrected chi connectivity index (χ4v) is 2.61. The van der Waals surface area contributed by atoms with Gasteiger partial charge in [0, 0.05) is 0 Å². The third-order valence-electron chi connectivity index (χ3n) is 3.94. The maximum absolute atomic E-state index is 12.4. The second-order valence-corrected chi connectivity index (χ2v) is 7.62. The number of amides is 1. The number of benzene rings is 2. The quantitative estimate of drug-likeness (QED) is 0.404. The van der Waals surface area contributed by atoms with Crippen molar-refractivity contribution in [2.75, 3.05) is 7.11 Å². The lowest BCUT2D eigenvalue weighted by Crippen LogP contribution is -2.47. The molecule has 0 radical (unpaired) electrons. The molecule has 2 rings (SSSR count). The van der Waals surface area contributed by atoms with Crippen molar-refractivity contribution in [3.05, 3.63) is 71.8 Å². The summed E-state index contributed by atoms with van der Waals surface area (Å²) in [6.07, 6.45) is -0.356. The lowest BCUT2D eigenvalue weighted by molar-refractivity contribution is -0.133. The fraction of sp³-hybridized carbons (Fsp3) is 0.348. The Hall–Kier alpha value is -3.35. The molecular formula is C23H28N2O5. The predicted octanol–water partition coefficient (Wildman–Crippen LogP) is 3.87.